The molecule has 0 radical (unpaired) electrons. The Labute approximate surface area is 161 Å². The first-order chi connectivity index (χ1) is 13.0. The van der Waals surface area contributed by atoms with Gasteiger partial charge in [0.1, 0.15) is 5.78 Å². The fourth-order valence-corrected chi connectivity index (χ4v) is 7.13. The van der Waals surface area contributed by atoms with Gasteiger partial charge in [0.05, 0.1) is 18.8 Å². The molecule has 27 heavy (non-hydrogen) atoms. The van der Waals surface area contributed by atoms with Crippen LogP contribution in [0.4, 0.5) is 0 Å². The van der Waals surface area contributed by atoms with Gasteiger partial charge in [0, 0.05) is 43.7 Å². The molecule has 2 aliphatic heterocycles. The second-order valence-corrected chi connectivity index (χ2v) is 10.00. The number of carbonyl (C=O) groups is 1. The van der Waals surface area contributed by atoms with Crippen LogP contribution in [0.25, 0.3) is 0 Å². The first-order valence-corrected chi connectivity index (χ1v) is 11.0. The number of hydrogen-bond acceptors (Lipinski definition) is 5. The number of aliphatic hydroxyl groups is 1. The highest BCUT2D eigenvalue weighted by Crippen LogP contribution is 2.65. The number of piperidine rings is 1. The van der Waals surface area contributed by atoms with E-state index in [4.69, 9.17) is 9.47 Å². The van der Waals surface area contributed by atoms with Crippen LogP contribution in [-0.4, -0.2) is 59.5 Å². The third-order valence-corrected chi connectivity index (χ3v) is 8.63. The zero-order chi connectivity index (χ0) is 18.3. The lowest BCUT2D eigenvalue weighted by molar-refractivity contribution is -0.273. The molecule has 6 rings (SSSR count). The molecule has 2 heterocycles. The molecular formula is C22H31NO4. The van der Waals surface area contributed by atoms with E-state index in [9.17, 15) is 9.90 Å². The first-order valence-electron chi connectivity index (χ1n) is 11.0. The van der Waals surface area contributed by atoms with E-state index in [-0.39, 0.29) is 11.5 Å². The fraction of sp³-hybridized carbons (Fsp3) is 0.864. The van der Waals surface area contributed by atoms with Crippen LogP contribution in [0, 0.1) is 11.3 Å². The van der Waals surface area contributed by atoms with Gasteiger partial charge in [-0.25, -0.2) is 0 Å². The summed E-state index contributed by atoms with van der Waals surface area (Å²) in [5, 5.41) is 12.2. The van der Waals surface area contributed by atoms with Crippen LogP contribution in [-0.2, 0) is 14.3 Å². The van der Waals surface area contributed by atoms with E-state index in [1.54, 1.807) is 0 Å². The Morgan fingerprint density at radius 3 is 2.70 bits per heavy atom. The van der Waals surface area contributed by atoms with E-state index in [1.807, 2.05) is 0 Å². The normalized spacial score (nSPS) is 43.7. The van der Waals surface area contributed by atoms with Crippen molar-refractivity contribution in [2.45, 2.75) is 81.6 Å². The van der Waals surface area contributed by atoms with Gasteiger partial charge in [-0.15, -0.1) is 0 Å². The van der Waals surface area contributed by atoms with Crippen LogP contribution in [0.15, 0.2) is 11.1 Å². The molecule has 5 nitrogen and oxygen atoms in total. The van der Waals surface area contributed by atoms with E-state index in [2.05, 4.69) is 4.90 Å². The van der Waals surface area contributed by atoms with Gasteiger partial charge in [0.2, 0.25) is 0 Å². The summed E-state index contributed by atoms with van der Waals surface area (Å²) in [6.07, 6.45) is 8.95. The van der Waals surface area contributed by atoms with Gasteiger partial charge in [-0.2, -0.15) is 0 Å². The Morgan fingerprint density at radius 2 is 1.93 bits per heavy atom. The summed E-state index contributed by atoms with van der Waals surface area (Å²) in [7, 11) is 0. The molecular weight excluding hydrogens is 342 g/mol. The fourth-order valence-electron chi connectivity index (χ4n) is 7.13. The Bertz CT molecular complexity index is 707. The Kier molecular flexibility index (Phi) is 3.59. The van der Waals surface area contributed by atoms with Crippen LogP contribution < -0.4 is 0 Å². The van der Waals surface area contributed by atoms with Gasteiger partial charge < -0.3 is 14.6 Å². The third-order valence-electron chi connectivity index (χ3n) is 8.63. The second kappa shape index (κ2) is 5.65. The van der Waals surface area contributed by atoms with Crippen molar-refractivity contribution in [1.82, 2.24) is 4.90 Å². The molecule has 6 aliphatic rings. The molecule has 5 heteroatoms. The monoisotopic (exact) mass is 373 g/mol. The predicted octanol–water partition coefficient (Wildman–Crippen LogP) is 2.57. The molecule has 4 aliphatic carbocycles. The molecule has 0 unspecified atom stereocenters. The summed E-state index contributed by atoms with van der Waals surface area (Å²) in [5.74, 6) is 0.642. The predicted molar refractivity (Wildman–Crippen MR) is 99.1 cm³/mol. The highest BCUT2D eigenvalue weighted by atomic mass is 16.7. The highest BCUT2D eigenvalue weighted by Gasteiger charge is 2.69. The average molecular weight is 373 g/mol. The Balaban J connectivity index is 1.45. The molecule has 2 saturated heterocycles. The summed E-state index contributed by atoms with van der Waals surface area (Å²) in [5.41, 5.74) is 1.68. The molecule has 2 bridgehead atoms. The molecule has 0 amide bonds. The SMILES string of the molecule is O=C1CCC2=C(C1)[C@]13CCN(CC4CC4)[C@H](C2)[C@]1(O)CCC1(C3)OCCO1. The minimum absolute atomic E-state index is 0.206. The quantitative estimate of drug-likeness (QED) is 0.754. The van der Waals surface area contributed by atoms with Crippen LogP contribution in [0.1, 0.15) is 64.2 Å². The second-order valence-electron chi connectivity index (χ2n) is 10.00. The molecule has 2 saturated carbocycles. The van der Waals surface area contributed by atoms with E-state index < -0.39 is 11.4 Å². The van der Waals surface area contributed by atoms with Crippen LogP contribution in [0.2, 0.25) is 0 Å². The van der Waals surface area contributed by atoms with E-state index in [1.165, 1.54) is 24.0 Å². The highest BCUT2D eigenvalue weighted by molar-refractivity contribution is 5.83. The minimum atomic E-state index is -0.739. The van der Waals surface area contributed by atoms with Crippen molar-refractivity contribution in [3.63, 3.8) is 0 Å². The topological polar surface area (TPSA) is 59.0 Å². The van der Waals surface area contributed by atoms with Gasteiger partial charge in [-0.1, -0.05) is 11.1 Å². The smallest absolute Gasteiger partial charge is 0.169 e. The van der Waals surface area contributed by atoms with Gasteiger partial charge in [-0.3, -0.25) is 9.69 Å². The lowest BCUT2D eigenvalue weighted by atomic mass is 9.47. The van der Waals surface area contributed by atoms with Crippen molar-refractivity contribution in [2.24, 2.45) is 11.3 Å². The van der Waals surface area contributed by atoms with Gasteiger partial charge in [-0.05, 0) is 51.0 Å². The van der Waals surface area contributed by atoms with E-state index >= 15 is 0 Å². The number of ether oxygens (including phenoxy) is 2. The lowest BCUT2D eigenvalue weighted by Crippen LogP contribution is -2.73. The van der Waals surface area contributed by atoms with Crippen LogP contribution in [0.5, 0.6) is 0 Å². The summed E-state index contributed by atoms with van der Waals surface area (Å²) >= 11 is 0. The first kappa shape index (κ1) is 17.1. The van der Waals surface area contributed by atoms with Crippen molar-refractivity contribution in [3.8, 4) is 0 Å². The van der Waals surface area contributed by atoms with Gasteiger partial charge in [0.15, 0.2) is 5.79 Å². The molecule has 1 N–H and O–H groups in total. The molecule has 1 spiro atoms. The maximum absolute atomic E-state index is 12.4. The minimum Gasteiger partial charge on any atom is -0.387 e. The van der Waals surface area contributed by atoms with Crippen LogP contribution in [0.3, 0.4) is 0 Å². The number of nitrogens with zero attached hydrogens (tertiary/aromatic N) is 1. The van der Waals surface area contributed by atoms with Crippen molar-refractivity contribution >= 4 is 5.78 Å². The maximum atomic E-state index is 12.4. The number of ketones is 1. The standard InChI is InChI=1S/C22H31NO4/c24-17-4-3-16-11-19-22(25)6-5-21(26-9-10-27-21)14-20(22,18(16)12-17)7-8-23(19)13-15-1-2-15/h15,19,25H,1-14H2/t19-,20-,22-/m1/s1. The van der Waals surface area contributed by atoms with E-state index in [0.29, 0.717) is 31.8 Å². The third kappa shape index (κ3) is 2.35. The molecule has 3 atom stereocenters. The number of rotatable bonds is 2. The van der Waals surface area contributed by atoms with Crippen LogP contribution >= 0.6 is 0 Å². The molecule has 0 aromatic rings. The zero-order valence-corrected chi connectivity index (χ0v) is 16.2. The molecule has 0 aromatic carbocycles. The lowest BCUT2D eigenvalue weighted by Gasteiger charge is -2.66. The molecule has 4 fully saturated rings. The summed E-state index contributed by atoms with van der Waals surface area (Å²) in [6.45, 7) is 3.47. The number of carbonyl (C=O) groups excluding carboxylic acids is 1. The van der Waals surface area contributed by atoms with Gasteiger partial charge in [0.25, 0.3) is 0 Å². The largest absolute Gasteiger partial charge is 0.387 e. The summed E-state index contributed by atoms with van der Waals surface area (Å²) < 4.78 is 12.2. The van der Waals surface area contributed by atoms with Crippen molar-refractivity contribution in [2.75, 3.05) is 26.3 Å². The molecule has 148 valence electrons. The average Bonchev–Trinajstić information content (AvgIpc) is 3.36. The Hall–Kier alpha value is -0.750. The Morgan fingerprint density at radius 1 is 1.11 bits per heavy atom. The van der Waals surface area contributed by atoms with Crippen molar-refractivity contribution in [1.29, 1.82) is 0 Å². The number of Topliss-reactive ketones (excluding diaryl/α,β-unsaturated/α-hetero) is 1. The van der Waals surface area contributed by atoms with E-state index in [0.717, 1.165) is 57.5 Å². The zero-order valence-electron chi connectivity index (χ0n) is 16.2. The number of likely N-dealkylation sites (tertiary alicyclic amines) is 1. The summed E-state index contributed by atoms with van der Waals surface area (Å²) in [6, 6.07) is 0.206. The number of hydrogen-bond donors (Lipinski definition) is 1. The van der Waals surface area contributed by atoms with Gasteiger partial charge >= 0.3 is 0 Å². The van der Waals surface area contributed by atoms with Crippen molar-refractivity contribution in [3.05, 3.63) is 11.1 Å². The maximum Gasteiger partial charge on any atom is 0.169 e. The molecule has 0 aromatic heterocycles. The summed E-state index contributed by atoms with van der Waals surface area (Å²) in [4.78, 5) is 15.0. The van der Waals surface area contributed by atoms with Crippen molar-refractivity contribution < 1.29 is 19.4 Å².